The highest BCUT2D eigenvalue weighted by molar-refractivity contribution is 5.98. The van der Waals surface area contributed by atoms with E-state index in [4.69, 9.17) is 11.1 Å². The van der Waals surface area contributed by atoms with Gasteiger partial charge in [0.25, 0.3) is 5.91 Å². The molecule has 2 unspecified atom stereocenters. The Morgan fingerprint density at radius 2 is 1.68 bits per heavy atom. The van der Waals surface area contributed by atoms with Crippen LogP contribution in [0.25, 0.3) is 0 Å². The molecule has 6 heteroatoms. The third-order valence-corrected chi connectivity index (χ3v) is 4.68. The van der Waals surface area contributed by atoms with Crippen LogP contribution in [0.2, 0.25) is 0 Å². The molecular weight excluding hydrogens is 350 g/mol. The zero-order valence-electron chi connectivity index (χ0n) is 18.3. The lowest BCUT2D eigenvalue weighted by molar-refractivity contribution is 0.0727. The first-order valence-electron chi connectivity index (χ1n) is 10.2. The minimum Gasteiger partial charge on any atom is -0.384 e. The standard InChI is InChI=1S/C18H23N5O.2C2H6/c1-10-8-15(17-21-11(2)12(3)22-17)23(9-10)18(24)14-6-4-13(5-7-14)16(19)20;2*1-2/h4-7,10,15H,8-9H2,1-3H3,(H3,19,20)(H,21,22);2*1-2H3. The van der Waals surface area contributed by atoms with Crippen LogP contribution < -0.4 is 5.73 Å². The second-order valence-electron chi connectivity index (χ2n) is 6.64. The monoisotopic (exact) mass is 385 g/mol. The lowest BCUT2D eigenvalue weighted by Crippen LogP contribution is -2.31. The number of H-pyrrole nitrogens is 1. The summed E-state index contributed by atoms with van der Waals surface area (Å²) in [5.41, 5.74) is 8.72. The Balaban J connectivity index is 0.000000921. The molecule has 0 aliphatic carbocycles. The van der Waals surface area contributed by atoms with Crippen molar-refractivity contribution in [3.63, 3.8) is 0 Å². The van der Waals surface area contributed by atoms with E-state index in [1.165, 1.54) is 0 Å². The van der Waals surface area contributed by atoms with Gasteiger partial charge in [-0.15, -0.1) is 0 Å². The topological polar surface area (TPSA) is 98.9 Å². The number of nitrogens with zero attached hydrogens (tertiary/aromatic N) is 2. The molecule has 28 heavy (non-hydrogen) atoms. The Kier molecular flexibility index (Phi) is 8.89. The molecule has 0 saturated carbocycles. The molecule has 1 amide bonds. The van der Waals surface area contributed by atoms with Gasteiger partial charge in [0.2, 0.25) is 0 Å². The predicted molar refractivity (Wildman–Crippen MR) is 116 cm³/mol. The molecular formula is C22H35N5O. The number of nitrogens with two attached hydrogens (primary N) is 1. The summed E-state index contributed by atoms with van der Waals surface area (Å²) in [5, 5.41) is 7.44. The molecule has 3 rings (SSSR count). The summed E-state index contributed by atoms with van der Waals surface area (Å²) < 4.78 is 0. The van der Waals surface area contributed by atoms with Crippen molar-refractivity contribution in [3.8, 4) is 0 Å². The van der Waals surface area contributed by atoms with Gasteiger partial charge in [0.1, 0.15) is 11.7 Å². The second-order valence-corrected chi connectivity index (χ2v) is 6.64. The fourth-order valence-electron chi connectivity index (χ4n) is 3.22. The van der Waals surface area contributed by atoms with E-state index in [9.17, 15) is 4.79 Å². The molecule has 0 bridgehead atoms. The highest BCUT2D eigenvalue weighted by Gasteiger charge is 2.36. The Bertz CT molecular complexity index is 759. The zero-order valence-corrected chi connectivity index (χ0v) is 18.3. The summed E-state index contributed by atoms with van der Waals surface area (Å²) in [4.78, 5) is 22.8. The lowest BCUT2D eigenvalue weighted by atomic mass is 10.1. The molecule has 2 heterocycles. The van der Waals surface area contributed by atoms with Crippen LogP contribution in [0.5, 0.6) is 0 Å². The van der Waals surface area contributed by atoms with Crippen LogP contribution in [0.4, 0.5) is 0 Å². The van der Waals surface area contributed by atoms with Gasteiger partial charge in [0.05, 0.1) is 11.7 Å². The Morgan fingerprint density at radius 3 is 2.14 bits per heavy atom. The summed E-state index contributed by atoms with van der Waals surface area (Å²) in [6, 6.07) is 6.87. The van der Waals surface area contributed by atoms with Crippen molar-refractivity contribution in [2.45, 2.75) is 60.9 Å². The summed E-state index contributed by atoms with van der Waals surface area (Å²) in [6.45, 7) is 14.8. The maximum absolute atomic E-state index is 12.9. The Morgan fingerprint density at radius 1 is 1.14 bits per heavy atom. The lowest BCUT2D eigenvalue weighted by Gasteiger charge is -2.23. The number of likely N-dealkylation sites (tertiary alicyclic amines) is 1. The molecule has 0 radical (unpaired) electrons. The smallest absolute Gasteiger partial charge is 0.254 e. The number of aromatic amines is 1. The molecule has 4 N–H and O–H groups in total. The van der Waals surface area contributed by atoms with Crippen molar-refractivity contribution in [1.29, 1.82) is 5.41 Å². The van der Waals surface area contributed by atoms with E-state index >= 15 is 0 Å². The number of hydrogen-bond acceptors (Lipinski definition) is 3. The largest absolute Gasteiger partial charge is 0.384 e. The summed E-state index contributed by atoms with van der Waals surface area (Å²) in [6.07, 6.45) is 0.906. The fraction of sp³-hybridized carbons (Fsp3) is 0.500. The number of hydrogen-bond donors (Lipinski definition) is 3. The van der Waals surface area contributed by atoms with Crippen LogP contribution in [-0.2, 0) is 0 Å². The first-order chi connectivity index (χ1) is 13.4. The number of carbonyl (C=O) groups excluding carboxylic acids is 1. The van der Waals surface area contributed by atoms with Gasteiger partial charge in [-0.25, -0.2) is 4.98 Å². The second kappa shape index (κ2) is 10.6. The number of benzene rings is 1. The number of aryl methyl sites for hydroxylation is 2. The SMILES string of the molecule is CC.CC.Cc1nc(C2CC(C)CN2C(=O)c2ccc(C(=N)N)cc2)[nH]c1C. The zero-order chi connectivity index (χ0) is 21.4. The van der Waals surface area contributed by atoms with Crippen molar-refractivity contribution >= 4 is 11.7 Å². The minimum absolute atomic E-state index is 0.00297. The maximum Gasteiger partial charge on any atom is 0.254 e. The molecule has 6 nitrogen and oxygen atoms in total. The molecule has 2 aromatic rings. The van der Waals surface area contributed by atoms with E-state index in [1.54, 1.807) is 24.3 Å². The van der Waals surface area contributed by atoms with Crippen molar-refractivity contribution in [2.24, 2.45) is 11.7 Å². The Labute approximate surface area is 169 Å². The third-order valence-electron chi connectivity index (χ3n) is 4.68. The average Bonchev–Trinajstić information content (AvgIpc) is 3.26. The third kappa shape index (κ3) is 5.21. The number of nitrogen functional groups attached to an aromatic ring is 1. The number of carbonyl (C=O) groups is 1. The van der Waals surface area contributed by atoms with E-state index in [-0.39, 0.29) is 17.8 Å². The maximum atomic E-state index is 12.9. The molecule has 1 aromatic heterocycles. The Hall–Kier alpha value is -2.63. The highest BCUT2D eigenvalue weighted by Crippen LogP contribution is 2.35. The average molecular weight is 386 g/mol. The van der Waals surface area contributed by atoms with Crippen LogP contribution in [0.1, 0.15) is 80.2 Å². The number of amidine groups is 1. The van der Waals surface area contributed by atoms with Gasteiger partial charge < -0.3 is 15.6 Å². The van der Waals surface area contributed by atoms with Gasteiger partial charge >= 0.3 is 0 Å². The quantitative estimate of drug-likeness (QED) is 0.532. The van der Waals surface area contributed by atoms with E-state index < -0.39 is 0 Å². The van der Waals surface area contributed by atoms with E-state index in [1.807, 2.05) is 46.4 Å². The van der Waals surface area contributed by atoms with Crippen molar-refractivity contribution in [3.05, 3.63) is 52.6 Å². The van der Waals surface area contributed by atoms with Gasteiger partial charge in [-0.3, -0.25) is 10.2 Å². The fourth-order valence-corrected chi connectivity index (χ4v) is 3.22. The number of rotatable bonds is 3. The molecule has 154 valence electrons. The van der Waals surface area contributed by atoms with Gasteiger partial charge in [0.15, 0.2) is 0 Å². The van der Waals surface area contributed by atoms with Crippen molar-refractivity contribution < 1.29 is 4.79 Å². The van der Waals surface area contributed by atoms with Crippen LogP contribution in [0, 0.1) is 25.2 Å². The van der Waals surface area contributed by atoms with Gasteiger partial charge in [-0.2, -0.15) is 0 Å². The van der Waals surface area contributed by atoms with Crippen molar-refractivity contribution in [1.82, 2.24) is 14.9 Å². The normalized spacial score (nSPS) is 17.9. The molecule has 2 atom stereocenters. The molecule has 1 fully saturated rings. The first-order valence-corrected chi connectivity index (χ1v) is 10.2. The summed E-state index contributed by atoms with van der Waals surface area (Å²) >= 11 is 0. The number of nitrogens with one attached hydrogen (secondary N) is 2. The molecule has 1 aliphatic heterocycles. The molecule has 1 saturated heterocycles. The van der Waals surface area contributed by atoms with E-state index in [2.05, 4.69) is 16.9 Å². The molecule has 1 aliphatic rings. The van der Waals surface area contributed by atoms with Gasteiger partial charge in [-0.05, 0) is 38.3 Å². The van der Waals surface area contributed by atoms with Crippen LogP contribution in [-0.4, -0.2) is 33.2 Å². The van der Waals surface area contributed by atoms with E-state index in [0.717, 1.165) is 30.2 Å². The predicted octanol–water partition coefficient (Wildman–Crippen LogP) is 4.59. The summed E-state index contributed by atoms with van der Waals surface area (Å²) in [5.74, 6) is 1.29. The van der Waals surface area contributed by atoms with Crippen LogP contribution in [0.15, 0.2) is 24.3 Å². The highest BCUT2D eigenvalue weighted by atomic mass is 16.2. The van der Waals surface area contributed by atoms with Gasteiger partial charge in [0, 0.05) is 23.4 Å². The number of aromatic nitrogens is 2. The van der Waals surface area contributed by atoms with Crippen molar-refractivity contribution in [2.75, 3.05) is 6.54 Å². The van der Waals surface area contributed by atoms with Gasteiger partial charge in [-0.1, -0.05) is 46.8 Å². The minimum atomic E-state index is -0.0209. The van der Waals surface area contributed by atoms with Crippen LogP contribution in [0.3, 0.4) is 0 Å². The molecule has 0 spiro atoms. The summed E-state index contributed by atoms with van der Waals surface area (Å²) in [7, 11) is 0. The molecule has 1 aromatic carbocycles. The number of amides is 1. The first kappa shape index (κ1) is 23.4. The van der Waals surface area contributed by atoms with E-state index in [0.29, 0.717) is 17.0 Å². The van der Waals surface area contributed by atoms with Crippen LogP contribution >= 0.6 is 0 Å². The number of imidazole rings is 1.